The third-order valence-corrected chi connectivity index (χ3v) is 5.39. The van der Waals surface area contributed by atoms with Crippen LogP contribution >= 0.6 is 0 Å². The van der Waals surface area contributed by atoms with Crippen molar-refractivity contribution in [1.82, 2.24) is 14.9 Å². The summed E-state index contributed by atoms with van der Waals surface area (Å²) in [5.74, 6) is -0.273. The van der Waals surface area contributed by atoms with Crippen molar-refractivity contribution in [3.8, 4) is 0 Å². The van der Waals surface area contributed by atoms with Gasteiger partial charge in [-0.3, -0.25) is 9.59 Å². The highest BCUT2D eigenvalue weighted by molar-refractivity contribution is 6.06. The van der Waals surface area contributed by atoms with Crippen LogP contribution in [0.1, 0.15) is 34.1 Å². The van der Waals surface area contributed by atoms with E-state index in [4.69, 9.17) is 5.73 Å². The maximum Gasteiger partial charge on any atom is 0.255 e. The number of rotatable bonds is 4. The number of carbonyl (C=O) groups excluding carboxylic acids is 2. The van der Waals surface area contributed by atoms with Gasteiger partial charge in [0.15, 0.2) is 0 Å². The highest BCUT2D eigenvalue weighted by atomic mass is 16.2. The number of aromatic nitrogens is 2. The fourth-order valence-electron chi connectivity index (χ4n) is 3.56. The Kier molecular flexibility index (Phi) is 4.60. The van der Waals surface area contributed by atoms with Crippen LogP contribution in [-0.2, 0) is 0 Å². The van der Waals surface area contributed by atoms with Crippen LogP contribution in [0.3, 0.4) is 0 Å². The third kappa shape index (κ3) is 3.48. The van der Waals surface area contributed by atoms with E-state index in [1.54, 1.807) is 48.8 Å². The Hall–Kier alpha value is -3.19. The zero-order valence-electron chi connectivity index (χ0n) is 15.7. The molecule has 1 unspecified atom stereocenters. The van der Waals surface area contributed by atoms with E-state index < -0.39 is 0 Å². The van der Waals surface area contributed by atoms with Gasteiger partial charge in [0.05, 0.1) is 17.4 Å². The molecular weight excluding hydrogens is 354 g/mol. The lowest BCUT2D eigenvalue weighted by atomic mass is 9.90. The molecule has 0 spiro atoms. The van der Waals surface area contributed by atoms with E-state index in [1.807, 2.05) is 4.90 Å². The second-order valence-corrected chi connectivity index (χ2v) is 7.66. The summed E-state index contributed by atoms with van der Waals surface area (Å²) >= 11 is 0. The van der Waals surface area contributed by atoms with Crippen molar-refractivity contribution in [3.63, 3.8) is 0 Å². The molecule has 2 amide bonds. The minimum atomic E-state index is -0.238. The van der Waals surface area contributed by atoms with Crippen LogP contribution in [0.5, 0.6) is 0 Å². The zero-order chi connectivity index (χ0) is 19.7. The van der Waals surface area contributed by atoms with Gasteiger partial charge in [0.2, 0.25) is 0 Å². The largest absolute Gasteiger partial charge is 0.345 e. The molecule has 1 aromatic heterocycles. The summed E-state index contributed by atoms with van der Waals surface area (Å²) in [6.07, 6.45) is 2.50. The molecule has 1 aliphatic rings. The minimum absolute atomic E-state index is 0.0210. The van der Waals surface area contributed by atoms with Crippen molar-refractivity contribution in [3.05, 3.63) is 59.9 Å². The molecule has 2 aromatic carbocycles. The predicted octanol–water partition coefficient (Wildman–Crippen LogP) is 2.63. The highest BCUT2D eigenvalue weighted by Crippen LogP contribution is 2.29. The van der Waals surface area contributed by atoms with E-state index in [2.05, 4.69) is 22.2 Å². The van der Waals surface area contributed by atoms with Crippen LogP contribution in [-0.4, -0.2) is 46.3 Å². The summed E-state index contributed by atoms with van der Waals surface area (Å²) in [4.78, 5) is 34.4. The first-order valence-corrected chi connectivity index (χ1v) is 9.31. The lowest BCUT2D eigenvalue weighted by molar-refractivity contribution is 0.0776. The fourth-order valence-corrected chi connectivity index (χ4v) is 3.56. The van der Waals surface area contributed by atoms with Crippen molar-refractivity contribution < 1.29 is 9.59 Å². The quantitative estimate of drug-likeness (QED) is 0.650. The molecule has 1 aliphatic heterocycles. The van der Waals surface area contributed by atoms with E-state index in [-0.39, 0.29) is 17.2 Å². The Morgan fingerprint density at radius 1 is 1.25 bits per heavy atom. The molecular formula is C21H23N5O2. The molecule has 0 radical (unpaired) electrons. The fraction of sp³-hybridized carbons (Fsp3) is 0.286. The van der Waals surface area contributed by atoms with Crippen molar-refractivity contribution in [2.24, 2.45) is 11.1 Å². The lowest BCUT2D eigenvalue weighted by Crippen LogP contribution is -2.34. The molecule has 7 heteroatoms. The Labute approximate surface area is 162 Å². The Morgan fingerprint density at radius 3 is 2.89 bits per heavy atom. The molecule has 1 atom stereocenters. The third-order valence-electron chi connectivity index (χ3n) is 5.39. The second kappa shape index (κ2) is 7.09. The molecule has 0 bridgehead atoms. The van der Waals surface area contributed by atoms with Crippen LogP contribution in [0, 0.1) is 5.41 Å². The van der Waals surface area contributed by atoms with Gasteiger partial charge in [0, 0.05) is 29.9 Å². The number of fused-ring (bicyclic) bond motifs is 1. The minimum Gasteiger partial charge on any atom is -0.345 e. The molecule has 7 nitrogen and oxygen atoms in total. The number of likely N-dealkylation sites (tertiary alicyclic amines) is 1. The smallest absolute Gasteiger partial charge is 0.255 e. The van der Waals surface area contributed by atoms with Crippen LogP contribution in [0.15, 0.2) is 48.8 Å². The SMILES string of the molecule is CC1(CN)CCN(C(=O)c2cccc(NC(=O)c3ccc4nc[nH]c4c3)c2)C1. The van der Waals surface area contributed by atoms with Crippen molar-refractivity contribution in [2.45, 2.75) is 13.3 Å². The van der Waals surface area contributed by atoms with Crippen molar-refractivity contribution in [2.75, 3.05) is 25.0 Å². The van der Waals surface area contributed by atoms with Crippen molar-refractivity contribution >= 4 is 28.5 Å². The number of H-pyrrole nitrogens is 1. The molecule has 4 rings (SSSR count). The van der Waals surface area contributed by atoms with Crippen molar-refractivity contribution in [1.29, 1.82) is 0 Å². The number of carbonyl (C=O) groups is 2. The predicted molar refractivity (Wildman–Crippen MR) is 108 cm³/mol. The van der Waals surface area contributed by atoms with Crippen LogP contribution in [0.25, 0.3) is 11.0 Å². The van der Waals surface area contributed by atoms with Gasteiger partial charge < -0.3 is 20.9 Å². The van der Waals surface area contributed by atoms with E-state index >= 15 is 0 Å². The van der Waals surface area contributed by atoms with Gasteiger partial charge in [0.1, 0.15) is 0 Å². The number of imidazole rings is 1. The van der Waals surface area contributed by atoms with Gasteiger partial charge in [-0.05, 0) is 54.8 Å². The van der Waals surface area contributed by atoms with E-state index in [1.165, 1.54) is 0 Å². The second-order valence-electron chi connectivity index (χ2n) is 7.66. The Bertz CT molecular complexity index is 1040. The summed E-state index contributed by atoms with van der Waals surface area (Å²) in [5.41, 5.74) is 9.09. The number of hydrogen-bond acceptors (Lipinski definition) is 4. The number of nitrogens with zero attached hydrogens (tertiary/aromatic N) is 2. The first kappa shape index (κ1) is 18.2. The van der Waals surface area contributed by atoms with E-state index in [0.717, 1.165) is 17.5 Å². The topological polar surface area (TPSA) is 104 Å². The Morgan fingerprint density at radius 2 is 2.11 bits per heavy atom. The number of anilines is 1. The van der Waals surface area contributed by atoms with Gasteiger partial charge in [0.25, 0.3) is 11.8 Å². The van der Waals surface area contributed by atoms with Gasteiger partial charge >= 0.3 is 0 Å². The van der Waals surface area contributed by atoms with E-state index in [0.29, 0.717) is 36.4 Å². The maximum atomic E-state index is 12.8. The number of hydrogen-bond donors (Lipinski definition) is 3. The van der Waals surface area contributed by atoms with E-state index in [9.17, 15) is 9.59 Å². The average Bonchev–Trinajstić information content (AvgIpc) is 3.34. The van der Waals surface area contributed by atoms with Gasteiger partial charge in [-0.25, -0.2) is 4.98 Å². The summed E-state index contributed by atoms with van der Waals surface area (Å²) in [5, 5.41) is 2.86. The van der Waals surface area contributed by atoms with Crippen LogP contribution in [0.2, 0.25) is 0 Å². The summed E-state index contributed by atoms with van der Waals surface area (Å²) < 4.78 is 0. The summed E-state index contributed by atoms with van der Waals surface area (Å²) in [6, 6.07) is 12.3. The molecule has 4 N–H and O–H groups in total. The first-order chi connectivity index (χ1) is 13.5. The normalized spacial score (nSPS) is 19.1. The first-order valence-electron chi connectivity index (χ1n) is 9.31. The monoisotopic (exact) mass is 377 g/mol. The number of aromatic amines is 1. The van der Waals surface area contributed by atoms with Crippen LogP contribution in [0.4, 0.5) is 5.69 Å². The summed E-state index contributed by atoms with van der Waals surface area (Å²) in [6.45, 7) is 4.03. The lowest BCUT2D eigenvalue weighted by Gasteiger charge is -2.22. The highest BCUT2D eigenvalue weighted by Gasteiger charge is 2.35. The average molecular weight is 377 g/mol. The number of nitrogens with one attached hydrogen (secondary N) is 2. The Balaban J connectivity index is 1.49. The number of amides is 2. The van der Waals surface area contributed by atoms with Gasteiger partial charge in [-0.15, -0.1) is 0 Å². The molecule has 1 fully saturated rings. The van der Waals surface area contributed by atoms with Gasteiger partial charge in [-0.2, -0.15) is 0 Å². The molecule has 1 saturated heterocycles. The standard InChI is InChI=1S/C21H23N5O2/c1-21(11-22)7-8-26(12-21)20(28)15-3-2-4-16(9-15)25-19(27)14-5-6-17-18(10-14)24-13-23-17/h2-6,9-10,13H,7-8,11-12,22H2,1H3,(H,23,24)(H,25,27). The number of nitrogens with two attached hydrogens (primary N) is 1. The molecule has 3 aromatic rings. The molecule has 144 valence electrons. The van der Waals surface area contributed by atoms with Crippen LogP contribution < -0.4 is 11.1 Å². The maximum absolute atomic E-state index is 12.8. The molecule has 0 aliphatic carbocycles. The molecule has 28 heavy (non-hydrogen) atoms. The molecule has 0 saturated carbocycles. The number of benzene rings is 2. The summed E-state index contributed by atoms with van der Waals surface area (Å²) in [7, 11) is 0. The molecule has 2 heterocycles. The van der Waals surface area contributed by atoms with Gasteiger partial charge in [-0.1, -0.05) is 13.0 Å². The zero-order valence-corrected chi connectivity index (χ0v) is 15.7.